The van der Waals surface area contributed by atoms with Gasteiger partial charge < -0.3 is 14.9 Å². The summed E-state index contributed by atoms with van der Waals surface area (Å²) in [6.45, 7) is 0.728. The van der Waals surface area contributed by atoms with Gasteiger partial charge in [0.1, 0.15) is 6.61 Å². The highest BCUT2D eigenvalue weighted by molar-refractivity contribution is 6.01. The van der Waals surface area contributed by atoms with Gasteiger partial charge in [0, 0.05) is 6.61 Å². The van der Waals surface area contributed by atoms with Crippen molar-refractivity contribution in [3.8, 4) is 12.3 Å². The molecule has 0 atom stereocenters. The Morgan fingerprint density at radius 2 is 1.89 bits per heavy atom. The summed E-state index contributed by atoms with van der Waals surface area (Å²) in [7, 11) is 0. The van der Waals surface area contributed by atoms with Crippen molar-refractivity contribution < 1.29 is 24.5 Å². The third-order valence-electron chi connectivity index (χ3n) is 2.48. The summed E-state index contributed by atoms with van der Waals surface area (Å²) < 4.78 is 5.10. The minimum Gasteiger partial charge on any atom is -0.478 e. The summed E-state index contributed by atoms with van der Waals surface area (Å²) in [5.74, 6) is -0.151. The standard InChI is InChI=1S/C14H14O5/c1-2-7-19-8-3-4-10-5-6-11(13(15)16)12(9-10)14(17)18/h1,5-6,9H,3-4,7-8H2,(H,15,16)(H,17,18). The SMILES string of the molecule is C#CCOCCCc1ccc(C(=O)O)c(C(=O)O)c1. The van der Waals surface area contributed by atoms with E-state index in [0.29, 0.717) is 19.4 Å². The smallest absolute Gasteiger partial charge is 0.336 e. The van der Waals surface area contributed by atoms with Gasteiger partial charge in [-0.15, -0.1) is 6.42 Å². The molecule has 0 radical (unpaired) electrons. The average Bonchev–Trinajstić information content (AvgIpc) is 2.38. The number of hydrogen-bond acceptors (Lipinski definition) is 3. The zero-order valence-electron chi connectivity index (χ0n) is 10.3. The van der Waals surface area contributed by atoms with E-state index in [1.807, 2.05) is 0 Å². The second kappa shape index (κ2) is 7.19. The molecule has 0 saturated carbocycles. The number of aromatic carboxylic acids is 2. The van der Waals surface area contributed by atoms with Gasteiger partial charge in [0.2, 0.25) is 0 Å². The molecule has 0 spiro atoms. The predicted octanol–water partition coefficient (Wildman–Crippen LogP) is 1.67. The van der Waals surface area contributed by atoms with E-state index in [9.17, 15) is 9.59 Å². The van der Waals surface area contributed by atoms with Crippen LogP contribution in [0.5, 0.6) is 0 Å². The molecule has 0 heterocycles. The fourth-order valence-electron chi connectivity index (χ4n) is 1.62. The van der Waals surface area contributed by atoms with Crippen LogP contribution in [0.15, 0.2) is 18.2 Å². The fourth-order valence-corrected chi connectivity index (χ4v) is 1.62. The molecule has 0 amide bonds. The Kier molecular flexibility index (Phi) is 5.58. The van der Waals surface area contributed by atoms with Crippen LogP contribution in [0.3, 0.4) is 0 Å². The van der Waals surface area contributed by atoms with Crippen molar-refractivity contribution in [1.29, 1.82) is 0 Å². The third-order valence-corrected chi connectivity index (χ3v) is 2.48. The Morgan fingerprint density at radius 3 is 2.47 bits per heavy atom. The lowest BCUT2D eigenvalue weighted by Crippen LogP contribution is -2.09. The number of ether oxygens (including phenoxy) is 1. The normalized spacial score (nSPS) is 9.84. The van der Waals surface area contributed by atoms with E-state index < -0.39 is 11.9 Å². The zero-order chi connectivity index (χ0) is 14.3. The molecule has 5 nitrogen and oxygen atoms in total. The topological polar surface area (TPSA) is 83.8 Å². The first-order chi connectivity index (χ1) is 9.06. The Hall–Kier alpha value is -2.32. The van der Waals surface area contributed by atoms with Gasteiger partial charge in [-0.2, -0.15) is 0 Å². The molecular formula is C14H14O5. The number of aryl methyl sites for hydroxylation is 1. The molecule has 0 bridgehead atoms. The molecular weight excluding hydrogens is 248 g/mol. The quantitative estimate of drug-likeness (QED) is 0.576. The first kappa shape index (κ1) is 14.7. The first-order valence-electron chi connectivity index (χ1n) is 5.67. The van der Waals surface area contributed by atoms with Crippen LogP contribution in [0, 0.1) is 12.3 Å². The maximum absolute atomic E-state index is 11.0. The van der Waals surface area contributed by atoms with E-state index in [4.69, 9.17) is 21.4 Å². The monoisotopic (exact) mass is 262 g/mol. The molecule has 0 unspecified atom stereocenters. The number of carboxylic acids is 2. The molecule has 0 aliphatic rings. The van der Waals surface area contributed by atoms with E-state index in [-0.39, 0.29) is 17.7 Å². The summed E-state index contributed by atoms with van der Waals surface area (Å²) >= 11 is 0. The van der Waals surface area contributed by atoms with Crippen LogP contribution in [0.2, 0.25) is 0 Å². The molecule has 5 heteroatoms. The van der Waals surface area contributed by atoms with Gasteiger partial charge >= 0.3 is 11.9 Å². The van der Waals surface area contributed by atoms with E-state index in [1.165, 1.54) is 12.1 Å². The van der Waals surface area contributed by atoms with Crippen molar-refractivity contribution >= 4 is 11.9 Å². The fraction of sp³-hybridized carbons (Fsp3) is 0.286. The summed E-state index contributed by atoms with van der Waals surface area (Å²) in [5, 5.41) is 17.8. The van der Waals surface area contributed by atoms with Gasteiger partial charge in [0.05, 0.1) is 11.1 Å². The molecule has 1 aromatic carbocycles. The lowest BCUT2D eigenvalue weighted by molar-refractivity contribution is 0.0651. The van der Waals surface area contributed by atoms with Crippen molar-refractivity contribution in [2.75, 3.05) is 13.2 Å². The predicted molar refractivity (Wildman–Crippen MR) is 68.3 cm³/mol. The third kappa shape index (κ3) is 4.45. The Morgan fingerprint density at radius 1 is 1.21 bits per heavy atom. The molecule has 2 N–H and O–H groups in total. The number of benzene rings is 1. The largest absolute Gasteiger partial charge is 0.478 e. The van der Waals surface area contributed by atoms with E-state index >= 15 is 0 Å². The first-order valence-corrected chi connectivity index (χ1v) is 5.67. The highest BCUT2D eigenvalue weighted by Gasteiger charge is 2.15. The highest BCUT2D eigenvalue weighted by Crippen LogP contribution is 2.14. The summed E-state index contributed by atoms with van der Waals surface area (Å²) in [4.78, 5) is 21.9. The molecule has 1 aromatic rings. The minimum absolute atomic E-state index is 0.199. The lowest BCUT2D eigenvalue weighted by Gasteiger charge is -2.06. The minimum atomic E-state index is -1.25. The number of hydrogen-bond donors (Lipinski definition) is 2. The van der Waals surface area contributed by atoms with Crippen LogP contribution in [0.25, 0.3) is 0 Å². The molecule has 0 aromatic heterocycles. The van der Waals surface area contributed by atoms with Crippen molar-refractivity contribution in [2.45, 2.75) is 12.8 Å². The van der Waals surface area contributed by atoms with E-state index in [1.54, 1.807) is 6.07 Å². The van der Waals surface area contributed by atoms with E-state index in [2.05, 4.69) is 5.92 Å². The number of terminal acetylenes is 1. The summed E-state index contributed by atoms with van der Waals surface area (Å²) in [6, 6.07) is 4.30. The molecule has 0 aliphatic heterocycles. The van der Waals surface area contributed by atoms with Gasteiger partial charge in [-0.1, -0.05) is 12.0 Å². The molecule has 0 aliphatic carbocycles. The van der Waals surface area contributed by atoms with Crippen molar-refractivity contribution in [3.63, 3.8) is 0 Å². The molecule has 0 saturated heterocycles. The molecule has 100 valence electrons. The second-order valence-electron chi connectivity index (χ2n) is 3.85. The van der Waals surface area contributed by atoms with E-state index in [0.717, 1.165) is 5.56 Å². The van der Waals surface area contributed by atoms with Crippen molar-refractivity contribution in [3.05, 3.63) is 34.9 Å². The van der Waals surface area contributed by atoms with Gasteiger partial charge in [0.15, 0.2) is 0 Å². The summed E-state index contributed by atoms with van der Waals surface area (Å²) in [6.07, 6.45) is 6.31. The number of carboxylic acid groups (broad SMARTS) is 2. The van der Waals surface area contributed by atoms with Crippen molar-refractivity contribution in [2.24, 2.45) is 0 Å². The van der Waals surface area contributed by atoms with Crippen molar-refractivity contribution in [1.82, 2.24) is 0 Å². The Balaban J connectivity index is 2.71. The lowest BCUT2D eigenvalue weighted by atomic mass is 10.0. The van der Waals surface area contributed by atoms with Gasteiger partial charge in [0.25, 0.3) is 0 Å². The van der Waals surface area contributed by atoms with Crippen LogP contribution in [-0.4, -0.2) is 35.4 Å². The second-order valence-corrected chi connectivity index (χ2v) is 3.85. The van der Waals surface area contributed by atoms with Gasteiger partial charge in [-0.05, 0) is 30.5 Å². The molecule has 0 fully saturated rings. The van der Waals surface area contributed by atoms with Crippen LogP contribution in [0.4, 0.5) is 0 Å². The number of carbonyl (C=O) groups is 2. The van der Waals surface area contributed by atoms with Gasteiger partial charge in [-0.25, -0.2) is 9.59 Å². The van der Waals surface area contributed by atoms with Crippen LogP contribution >= 0.6 is 0 Å². The zero-order valence-corrected chi connectivity index (χ0v) is 10.3. The Bertz CT molecular complexity index is 513. The Labute approximate surface area is 110 Å². The molecule has 1 rings (SSSR count). The van der Waals surface area contributed by atoms with Crippen LogP contribution in [0.1, 0.15) is 32.7 Å². The van der Waals surface area contributed by atoms with Crippen LogP contribution in [-0.2, 0) is 11.2 Å². The maximum atomic E-state index is 11.0. The highest BCUT2D eigenvalue weighted by atomic mass is 16.5. The molecule has 19 heavy (non-hydrogen) atoms. The number of rotatable bonds is 7. The van der Waals surface area contributed by atoms with Gasteiger partial charge in [-0.3, -0.25) is 0 Å². The summed E-state index contributed by atoms with van der Waals surface area (Å²) in [5.41, 5.74) is 0.348. The maximum Gasteiger partial charge on any atom is 0.336 e. The van der Waals surface area contributed by atoms with Crippen LogP contribution < -0.4 is 0 Å². The average molecular weight is 262 g/mol.